The Morgan fingerprint density at radius 2 is 1.52 bits per heavy atom. The van der Waals surface area contributed by atoms with Gasteiger partial charge in [-0.1, -0.05) is 0 Å². The Bertz CT molecular complexity index is 353. The van der Waals surface area contributed by atoms with Crippen molar-refractivity contribution in [2.75, 3.05) is 52.7 Å². The molecule has 0 aromatic rings. The SMILES string of the molecule is CC(C)(C)OC(=O)N1CC(OCCF)C1.Cl.Cl.FCCOC1CNC1. The van der Waals surface area contributed by atoms with Crippen molar-refractivity contribution in [1.82, 2.24) is 10.2 Å². The molecule has 0 radical (unpaired) electrons. The van der Waals surface area contributed by atoms with Gasteiger partial charge in [0.15, 0.2) is 0 Å². The van der Waals surface area contributed by atoms with Gasteiger partial charge in [0.1, 0.15) is 19.0 Å². The fraction of sp³-hybridized carbons (Fsp3) is 0.933. The summed E-state index contributed by atoms with van der Waals surface area (Å²) in [6.07, 6.45) is -0.0818. The maximum absolute atomic E-state index is 11.8. The van der Waals surface area contributed by atoms with Crippen LogP contribution in [0.5, 0.6) is 0 Å². The second-order valence-corrected chi connectivity index (χ2v) is 6.41. The molecule has 0 saturated carbocycles. The van der Waals surface area contributed by atoms with E-state index in [9.17, 15) is 13.6 Å². The highest BCUT2D eigenvalue weighted by molar-refractivity contribution is 5.85. The van der Waals surface area contributed by atoms with Gasteiger partial charge in [0.25, 0.3) is 0 Å². The molecule has 0 bridgehead atoms. The zero-order valence-corrected chi connectivity index (χ0v) is 16.6. The molecular weight excluding hydrogens is 381 g/mol. The molecule has 2 aliphatic rings. The first-order valence-electron chi connectivity index (χ1n) is 7.89. The van der Waals surface area contributed by atoms with E-state index in [1.165, 1.54) is 0 Å². The third kappa shape index (κ3) is 11.8. The molecule has 152 valence electrons. The largest absolute Gasteiger partial charge is 0.444 e. The second-order valence-electron chi connectivity index (χ2n) is 6.41. The van der Waals surface area contributed by atoms with Crippen molar-refractivity contribution in [1.29, 1.82) is 0 Å². The molecule has 2 fully saturated rings. The molecular formula is C15H30Cl2F2N2O4. The number of amides is 1. The molecule has 25 heavy (non-hydrogen) atoms. The molecule has 2 aliphatic heterocycles. The average Bonchev–Trinajstić information content (AvgIpc) is 2.34. The highest BCUT2D eigenvalue weighted by Gasteiger charge is 2.34. The number of nitrogens with zero attached hydrogens (tertiary/aromatic N) is 1. The van der Waals surface area contributed by atoms with E-state index in [1.54, 1.807) is 4.90 Å². The number of carbonyl (C=O) groups is 1. The van der Waals surface area contributed by atoms with Crippen molar-refractivity contribution in [2.45, 2.75) is 38.6 Å². The molecule has 2 saturated heterocycles. The summed E-state index contributed by atoms with van der Waals surface area (Å²) in [5.74, 6) is 0. The van der Waals surface area contributed by atoms with Gasteiger partial charge in [0, 0.05) is 13.1 Å². The number of carbonyl (C=O) groups excluding carboxylic acids is 1. The van der Waals surface area contributed by atoms with Crippen LogP contribution in [0.25, 0.3) is 0 Å². The van der Waals surface area contributed by atoms with E-state index in [2.05, 4.69) is 5.32 Å². The zero-order valence-electron chi connectivity index (χ0n) is 15.0. The Labute approximate surface area is 160 Å². The highest BCUT2D eigenvalue weighted by Crippen LogP contribution is 2.16. The number of halogens is 4. The van der Waals surface area contributed by atoms with Crippen LogP contribution in [0.4, 0.5) is 13.6 Å². The lowest BCUT2D eigenvalue weighted by Crippen LogP contribution is -2.56. The molecule has 6 nitrogen and oxygen atoms in total. The lowest BCUT2D eigenvalue weighted by molar-refractivity contribution is -0.0651. The van der Waals surface area contributed by atoms with Crippen LogP contribution in [-0.4, -0.2) is 81.5 Å². The fourth-order valence-corrected chi connectivity index (χ4v) is 1.82. The number of ether oxygens (including phenoxy) is 3. The van der Waals surface area contributed by atoms with E-state index in [-0.39, 0.29) is 63.0 Å². The summed E-state index contributed by atoms with van der Waals surface area (Å²) in [7, 11) is 0. The van der Waals surface area contributed by atoms with E-state index >= 15 is 0 Å². The fourth-order valence-electron chi connectivity index (χ4n) is 1.82. The Morgan fingerprint density at radius 3 is 1.88 bits per heavy atom. The Kier molecular flexibility index (Phi) is 14.7. The van der Waals surface area contributed by atoms with Crippen LogP contribution in [0.1, 0.15) is 20.8 Å². The van der Waals surface area contributed by atoms with E-state index < -0.39 is 12.3 Å². The van der Waals surface area contributed by atoms with Crippen molar-refractivity contribution in [3.63, 3.8) is 0 Å². The van der Waals surface area contributed by atoms with E-state index in [0.29, 0.717) is 13.1 Å². The third-order valence-corrected chi connectivity index (χ3v) is 3.11. The number of alkyl halides is 2. The lowest BCUT2D eigenvalue weighted by atomic mass is 10.2. The van der Waals surface area contributed by atoms with Gasteiger partial charge in [0.05, 0.1) is 38.5 Å². The van der Waals surface area contributed by atoms with Gasteiger partial charge in [0.2, 0.25) is 0 Å². The predicted molar refractivity (Wildman–Crippen MR) is 96.6 cm³/mol. The van der Waals surface area contributed by atoms with Crippen molar-refractivity contribution >= 4 is 30.9 Å². The highest BCUT2D eigenvalue weighted by atomic mass is 35.5. The van der Waals surface area contributed by atoms with Gasteiger partial charge < -0.3 is 24.4 Å². The summed E-state index contributed by atoms with van der Waals surface area (Å²) in [6, 6.07) is 0. The van der Waals surface area contributed by atoms with E-state index in [1.807, 2.05) is 20.8 Å². The summed E-state index contributed by atoms with van der Waals surface area (Å²) in [5.41, 5.74) is -0.470. The molecule has 2 heterocycles. The summed E-state index contributed by atoms with van der Waals surface area (Å²) in [6.45, 7) is 7.74. The normalized spacial score (nSPS) is 17.1. The van der Waals surface area contributed by atoms with E-state index in [0.717, 1.165) is 13.1 Å². The summed E-state index contributed by atoms with van der Waals surface area (Å²) in [4.78, 5) is 13.0. The van der Waals surface area contributed by atoms with Crippen molar-refractivity contribution < 1.29 is 27.8 Å². The van der Waals surface area contributed by atoms with Crippen LogP contribution in [0, 0.1) is 0 Å². The Morgan fingerprint density at radius 1 is 1.04 bits per heavy atom. The third-order valence-electron chi connectivity index (χ3n) is 3.11. The first kappa shape index (κ1) is 26.8. The summed E-state index contributed by atoms with van der Waals surface area (Å²) in [5, 5.41) is 3.02. The van der Waals surface area contributed by atoms with Crippen LogP contribution in [0.2, 0.25) is 0 Å². The van der Waals surface area contributed by atoms with Gasteiger partial charge in [-0.25, -0.2) is 13.6 Å². The molecule has 0 unspecified atom stereocenters. The average molecular weight is 411 g/mol. The maximum Gasteiger partial charge on any atom is 0.410 e. The second kappa shape index (κ2) is 13.7. The first-order valence-corrected chi connectivity index (χ1v) is 7.89. The van der Waals surface area contributed by atoms with Crippen molar-refractivity contribution in [2.24, 2.45) is 0 Å². The van der Waals surface area contributed by atoms with Crippen LogP contribution in [0.3, 0.4) is 0 Å². The number of rotatable bonds is 6. The van der Waals surface area contributed by atoms with Crippen LogP contribution in [0.15, 0.2) is 0 Å². The smallest absolute Gasteiger partial charge is 0.410 e. The van der Waals surface area contributed by atoms with Gasteiger partial charge in [-0.3, -0.25) is 0 Å². The molecule has 1 N–H and O–H groups in total. The minimum absolute atomic E-state index is 0. The van der Waals surface area contributed by atoms with Gasteiger partial charge in [-0.15, -0.1) is 24.8 Å². The topological polar surface area (TPSA) is 60.0 Å². The number of hydrogen-bond acceptors (Lipinski definition) is 5. The molecule has 0 atom stereocenters. The lowest BCUT2D eigenvalue weighted by Gasteiger charge is -2.39. The first-order chi connectivity index (χ1) is 10.9. The Balaban J connectivity index is 0. The number of likely N-dealkylation sites (tertiary alicyclic amines) is 1. The maximum atomic E-state index is 11.8. The molecule has 0 aromatic heterocycles. The monoisotopic (exact) mass is 410 g/mol. The molecule has 10 heteroatoms. The Hall–Kier alpha value is -0.410. The molecule has 0 aromatic carbocycles. The zero-order chi connectivity index (χ0) is 17.3. The predicted octanol–water partition coefficient (Wildman–Crippen LogP) is 2.38. The summed E-state index contributed by atoms with van der Waals surface area (Å²) < 4.78 is 38.4. The quantitative estimate of drug-likeness (QED) is 0.728. The van der Waals surface area contributed by atoms with Crippen molar-refractivity contribution in [3.8, 4) is 0 Å². The molecule has 0 aliphatic carbocycles. The molecule has 2 rings (SSSR count). The van der Waals surface area contributed by atoms with E-state index in [4.69, 9.17) is 14.2 Å². The molecule has 0 spiro atoms. The standard InChI is InChI=1S/C10H18FNO3.C5H10FNO.2ClH/c1-10(2,3)15-9(13)12-6-8(7-12)14-5-4-11;6-1-2-8-5-3-7-4-5;;/h8H,4-7H2,1-3H3;5,7H,1-4H2;2*1H. The number of nitrogens with one attached hydrogen (secondary N) is 1. The summed E-state index contributed by atoms with van der Waals surface area (Å²) >= 11 is 0. The van der Waals surface area contributed by atoms with Gasteiger partial charge in [-0.05, 0) is 20.8 Å². The van der Waals surface area contributed by atoms with Gasteiger partial charge >= 0.3 is 6.09 Å². The van der Waals surface area contributed by atoms with Crippen LogP contribution < -0.4 is 5.32 Å². The van der Waals surface area contributed by atoms with Gasteiger partial charge in [-0.2, -0.15) is 0 Å². The van der Waals surface area contributed by atoms with Crippen molar-refractivity contribution in [3.05, 3.63) is 0 Å². The minimum Gasteiger partial charge on any atom is -0.444 e. The van der Waals surface area contributed by atoms with Crippen LogP contribution >= 0.6 is 24.8 Å². The number of hydrogen-bond donors (Lipinski definition) is 1. The minimum atomic E-state index is -0.483. The molecule has 1 amide bonds. The van der Waals surface area contributed by atoms with Crippen LogP contribution in [-0.2, 0) is 14.2 Å².